The van der Waals surface area contributed by atoms with Crippen molar-refractivity contribution in [3.63, 3.8) is 0 Å². The second kappa shape index (κ2) is 9.74. The molecule has 8 heteroatoms. The number of anilines is 1. The lowest BCUT2D eigenvalue weighted by atomic mass is 10.1. The minimum Gasteiger partial charge on any atom is -0.457 e. The number of carbonyl (C=O) groups is 1. The molecular formula is C25H26N2O5S. The van der Waals surface area contributed by atoms with E-state index in [2.05, 4.69) is 4.90 Å². The van der Waals surface area contributed by atoms with Gasteiger partial charge in [0.1, 0.15) is 11.5 Å². The highest BCUT2D eigenvalue weighted by Gasteiger charge is 2.17. The van der Waals surface area contributed by atoms with Crippen LogP contribution in [0.3, 0.4) is 0 Å². The fraction of sp³-hybridized carbons (Fsp3) is 0.240. The van der Waals surface area contributed by atoms with Gasteiger partial charge in [-0.3, -0.25) is 4.79 Å². The smallest absolute Gasteiger partial charge is 0.242 e. The molecular weight excluding hydrogens is 440 g/mol. The molecule has 4 rings (SSSR count). The van der Waals surface area contributed by atoms with Gasteiger partial charge in [0.25, 0.3) is 0 Å². The van der Waals surface area contributed by atoms with Gasteiger partial charge in [-0.05, 0) is 60.7 Å². The van der Waals surface area contributed by atoms with Crippen LogP contribution in [0, 0.1) is 0 Å². The molecule has 0 atom stereocenters. The van der Waals surface area contributed by atoms with Crippen LogP contribution in [0.4, 0.5) is 5.69 Å². The molecule has 172 valence electrons. The van der Waals surface area contributed by atoms with E-state index in [1.165, 1.54) is 24.5 Å². The molecule has 1 aliphatic rings. The SMILES string of the molecule is CN(C)S(=O)(=O)c1ccc(-c2ccc(C=CC(=O)c3cccc(N4CCOCC4)c3)o2)cc1. The summed E-state index contributed by atoms with van der Waals surface area (Å²) >= 11 is 0. The van der Waals surface area contributed by atoms with E-state index in [4.69, 9.17) is 9.15 Å². The third-order valence-electron chi connectivity index (χ3n) is 5.45. The van der Waals surface area contributed by atoms with Crippen LogP contribution in [0.2, 0.25) is 0 Å². The van der Waals surface area contributed by atoms with Crippen molar-refractivity contribution in [2.45, 2.75) is 4.90 Å². The van der Waals surface area contributed by atoms with Gasteiger partial charge in [-0.1, -0.05) is 12.1 Å². The van der Waals surface area contributed by atoms with Crippen LogP contribution in [0.25, 0.3) is 17.4 Å². The zero-order chi connectivity index (χ0) is 23.4. The average molecular weight is 467 g/mol. The second-order valence-corrected chi connectivity index (χ2v) is 10.0. The summed E-state index contributed by atoms with van der Waals surface area (Å²) < 4.78 is 36.8. The van der Waals surface area contributed by atoms with Gasteiger partial charge in [0.2, 0.25) is 10.0 Å². The first kappa shape index (κ1) is 23.0. The molecule has 1 aliphatic heterocycles. The monoisotopic (exact) mass is 466 g/mol. The molecule has 0 bridgehead atoms. The Balaban J connectivity index is 1.45. The van der Waals surface area contributed by atoms with Gasteiger partial charge in [-0.25, -0.2) is 12.7 Å². The zero-order valence-electron chi connectivity index (χ0n) is 18.6. The highest BCUT2D eigenvalue weighted by atomic mass is 32.2. The molecule has 1 fully saturated rings. The lowest BCUT2D eigenvalue weighted by Gasteiger charge is -2.29. The Hall–Kier alpha value is -3.20. The van der Waals surface area contributed by atoms with Gasteiger partial charge in [-0.2, -0.15) is 0 Å². The quantitative estimate of drug-likeness (QED) is 0.388. The third kappa shape index (κ3) is 5.24. The Morgan fingerprint density at radius 3 is 2.42 bits per heavy atom. The molecule has 0 radical (unpaired) electrons. The molecule has 0 unspecified atom stereocenters. The van der Waals surface area contributed by atoms with Crippen LogP contribution in [0.5, 0.6) is 0 Å². The third-order valence-corrected chi connectivity index (χ3v) is 7.28. The van der Waals surface area contributed by atoms with Crippen molar-refractivity contribution in [3.8, 4) is 11.3 Å². The maximum Gasteiger partial charge on any atom is 0.242 e. The number of allylic oxidation sites excluding steroid dienone is 1. The molecule has 2 heterocycles. The molecule has 3 aromatic rings. The Morgan fingerprint density at radius 2 is 1.73 bits per heavy atom. The fourth-order valence-electron chi connectivity index (χ4n) is 3.53. The van der Waals surface area contributed by atoms with Gasteiger partial charge in [-0.15, -0.1) is 0 Å². The largest absolute Gasteiger partial charge is 0.457 e. The summed E-state index contributed by atoms with van der Waals surface area (Å²) in [5.41, 5.74) is 2.37. The summed E-state index contributed by atoms with van der Waals surface area (Å²) in [6.45, 7) is 3.00. The summed E-state index contributed by atoms with van der Waals surface area (Å²) in [6.07, 6.45) is 3.13. The van der Waals surface area contributed by atoms with Crippen LogP contribution < -0.4 is 4.90 Å². The molecule has 7 nitrogen and oxygen atoms in total. The molecule has 1 aromatic heterocycles. The van der Waals surface area contributed by atoms with E-state index in [1.807, 2.05) is 18.2 Å². The summed E-state index contributed by atoms with van der Waals surface area (Å²) in [7, 11) is -0.492. The van der Waals surface area contributed by atoms with E-state index < -0.39 is 10.0 Å². The Bertz CT molecular complexity index is 1250. The molecule has 0 spiro atoms. The summed E-state index contributed by atoms with van der Waals surface area (Å²) in [5.74, 6) is 1.01. The van der Waals surface area contributed by atoms with E-state index in [0.717, 1.165) is 24.3 Å². The number of ketones is 1. The minimum atomic E-state index is -3.48. The van der Waals surface area contributed by atoms with Gasteiger partial charge in [0.05, 0.1) is 18.1 Å². The van der Waals surface area contributed by atoms with Crippen molar-refractivity contribution in [2.24, 2.45) is 0 Å². The summed E-state index contributed by atoms with van der Waals surface area (Å²) in [4.78, 5) is 15.1. The van der Waals surface area contributed by atoms with Gasteiger partial charge in [0.15, 0.2) is 5.78 Å². The van der Waals surface area contributed by atoms with E-state index in [1.54, 1.807) is 48.5 Å². The van der Waals surface area contributed by atoms with Crippen molar-refractivity contribution in [2.75, 3.05) is 45.3 Å². The summed E-state index contributed by atoms with van der Waals surface area (Å²) in [6, 6.07) is 17.6. The Morgan fingerprint density at radius 1 is 1.00 bits per heavy atom. The number of nitrogens with zero attached hydrogens (tertiary/aromatic N) is 2. The van der Waals surface area contributed by atoms with Crippen LogP contribution in [-0.2, 0) is 14.8 Å². The number of morpholine rings is 1. The lowest BCUT2D eigenvalue weighted by molar-refractivity contribution is 0.104. The number of rotatable bonds is 7. The Labute approximate surface area is 193 Å². The predicted octanol–water partition coefficient (Wildman–Crippen LogP) is 3.93. The number of benzene rings is 2. The normalized spacial score (nSPS) is 14.8. The van der Waals surface area contributed by atoms with Crippen molar-refractivity contribution in [1.29, 1.82) is 0 Å². The van der Waals surface area contributed by atoms with Gasteiger partial charge in [0, 0.05) is 44.0 Å². The molecule has 2 aromatic carbocycles. The van der Waals surface area contributed by atoms with E-state index >= 15 is 0 Å². The number of furan rings is 1. The lowest BCUT2D eigenvalue weighted by Crippen LogP contribution is -2.36. The first-order chi connectivity index (χ1) is 15.8. The maximum atomic E-state index is 12.7. The van der Waals surface area contributed by atoms with Crippen LogP contribution >= 0.6 is 0 Å². The standard InChI is InChI=1S/C25H26N2O5S/c1-26(2)33(29,30)23-10-6-19(7-11-23)25-13-9-22(32-25)8-12-24(28)20-4-3-5-21(18-20)27-14-16-31-17-15-27/h3-13,18H,14-17H2,1-2H3. The average Bonchev–Trinajstić information content (AvgIpc) is 3.32. The van der Waals surface area contributed by atoms with Crippen molar-refractivity contribution >= 4 is 27.6 Å². The zero-order valence-corrected chi connectivity index (χ0v) is 19.4. The van der Waals surface area contributed by atoms with Gasteiger partial charge < -0.3 is 14.1 Å². The number of sulfonamides is 1. The number of carbonyl (C=O) groups excluding carboxylic acids is 1. The summed E-state index contributed by atoms with van der Waals surface area (Å²) in [5, 5.41) is 0. The highest BCUT2D eigenvalue weighted by Crippen LogP contribution is 2.25. The van der Waals surface area contributed by atoms with Crippen molar-refractivity contribution < 1.29 is 22.4 Å². The first-order valence-electron chi connectivity index (χ1n) is 10.6. The highest BCUT2D eigenvalue weighted by molar-refractivity contribution is 7.89. The molecule has 33 heavy (non-hydrogen) atoms. The Kier molecular flexibility index (Phi) is 6.78. The topological polar surface area (TPSA) is 80.1 Å². The molecule has 0 aliphatic carbocycles. The van der Waals surface area contributed by atoms with Crippen LogP contribution in [0.15, 0.2) is 76.1 Å². The van der Waals surface area contributed by atoms with Crippen molar-refractivity contribution in [3.05, 3.63) is 78.1 Å². The molecule has 0 N–H and O–H groups in total. The number of hydrogen-bond donors (Lipinski definition) is 0. The van der Waals surface area contributed by atoms with E-state index in [-0.39, 0.29) is 10.7 Å². The van der Waals surface area contributed by atoms with Crippen LogP contribution in [-0.4, -0.2) is 58.9 Å². The molecule has 0 saturated carbocycles. The van der Waals surface area contributed by atoms with Crippen LogP contribution in [0.1, 0.15) is 16.1 Å². The minimum absolute atomic E-state index is 0.110. The molecule has 1 saturated heterocycles. The maximum absolute atomic E-state index is 12.7. The van der Waals surface area contributed by atoms with Crippen molar-refractivity contribution in [1.82, 2.24) is 4.31 Å². The van der Waals surface area contributed by atoms with E-state index in [9.17, 15) is 13.2 Å². The number of ether oxygens (including phenoxy) is 1. The number of hydrogen-bond acceptors (Lipinski definition) is 6. The second-order valence-electron chi connectivity index (χ2n) is 7.86. The first-order valence-corrected chi connectivity index (χ1v) is 12.1. The van der Waals surface area contributed by atoms with E-state index in [0.29, 0.717) is 30.3 Å². The predicted molar refractivity (Wildman–Crippen MR) is 128 cm³/mol. The molecule has 0 amide bonds. The fourth-order valence-corrected chi connectivity index (χ4v) is 4.43. The van der Waals surface area contributed by atoms with Gasteiger partial charge >= 0.3 is 0 Å².